The van der Waals surface area contributed by atoms with Crippen molar-refractivity contribution < 1.29 is 14.3 Å². The van der Waals surface area contributed by atoms with Crippen molar-refractivity contribution in [3.8, 4) is 0 Å². The Hall–Kier alpha value is -1.90. The lowest BCUT2D eigenvalue weighted by atomic mass is 9.94. The topological polar surface area (TPSA) is 43.4 Å². The van der Waals surface area contributed by atoms with Crippen LogP contribution in [-0.4, -0.2) is 18.4 Å². The van der Waals surface area contributed by atoms with Gasteiger partial charge in [0, 0.05) is 5.56 Å². The normalized spacial score (nSPS) is 27.5. The molecule has 3 atom stereocenters. The first kappa shape index (κ1) is 12.2. The number of hydrogen-bond acceptors (Lipinski definition) is 3. The fraction of sp³-hybridized carbons (Fsp3) is 0.375. The molecule has 0 radical (unpaired) electrons. The fourth-order valence-electron chi connectivity index (χ4n) is 3.00. The standard InChI is InChI=1S/C16H16O3/c17-15(12-4-2-1-3-5-12)10-19-16(18)14-9-11-6-7-13(14)8-11/h1-7,11,13-14H,8-10H2/t11-,13+,14+/m1/s1. The van der Waals surface area contributed by atoms with E-state index in [2.05, 4.69) is 12.2 Å². The SMILES string of the molecule is O=C(COC(=O)[C@H]1C[C@@H]2C=C[C@H]1C2)c1ccccc1. The van der Waals surface area contributed by atoms with Crippen LogP contribution in [0.15, 0.2) is 42.5 Å². The third-order valence-corrected chi connectivity index (χ3v) is 4.02. The molecular formula is C16H16O3. The second-order valence-corrected chi connectivity index (χ2v) is 5.28. The van der Waals surface area contributed by atoms with Gasteiger partial charge in [0.05, 0.1) is 5.92 Å². The molecule has 19 heavy (non-hydrogen) atoms. The van der Waals surface area contributed by atoms with Crippen LogP contribution in [0.4, 0.5) is 0 Å². The maximum Gasteiger partial charge on any atom is 0.310 e. The third-order valence-electron chi connectivity index (χ3n) is 4.02. The van der Waals surface area contributed by atoms with E-state index in [1.165, 1.54) is 0 Å². The van der Waals surface area contributed by atoms with Crippen LogP contribution in [0.3, 0.4) is 0 Å². The number of ether oxygens (including phenoxy) is 1. The summed E-state index contributed by atoms with van der Waals surface area (Å²) in [4.78, 5) is 23.8. The van der Waals surface area contributed by atoms with Gasteiger partial charge in [-0.3, -0.25) is 9.59 Å². The maximum atomic E-state index is 12.0. The van der Waals surface area contributed by atoms with Crippen molar-refractivity contribution in [3.63, 3.8) is 0 Å². The van der Waals surface area contributed by atoms with Crippen LogP contribution in [-0.2, 0) is 9.53 Å². The van der Waals surface area contributed by atoms with Crippen LogP contribution in [0, 0.1) is 17.8 Å². The summed E-state index contributed by atoms with van der Waals surface area (Å²) in [5.41, 5.74) is 0.586. The maximum absolute atomic E-state index is 12.0. The molecule has 0 amide bonds. The fourth-order valence-corrected chi connectivity index (χ4v) is 3.00. The number of rotatable bonds is 4. The lowest BCUT2D eigenvalue weighted by Crippen LogP contribution is -2.24. The molecule has 3 heteroatoms. The summed E-state index contributed by atoms with van der Waals surface area (Å²) in [6.45, 7) is -0.152. The highest BCUT2D eigenvalue weighted by Crippen LogP contribution is 2.43. The van der Waals surface area contributed by atoms with Gasteiger partial charge < -0.3 is 4.74 Å². The van der Waals surface area contributed by atoms with Gasteiger partial charge in [-0.05, 0) is 24.7 Å². The Morgan fingerprint density at radius 2 is 1.89 bits per heavy atom. The summed E-state index contributed by atoms with van der Waals surface area (Å²) in [6.07, 6.45) is 6.23. The van der Waals surface area contributed by atoms with E-state index in [1.54, 1.807) is 24.3 Å². The van der Waals surface area contributed by atoms with E-state index in [9.17, 15) is 9.59 Å². The first-order valence-electron chi connectivity index (χ1n) is 6.67. The Balaban J connectivity index is 1.54. The number of Topliss-reactive ketones (excluding diaryl/α,β-unsaturated/α-hetero) is 1. The van der Waals surface area contributed by atoms with Crippen molar-refractivity contribution in [2.45, 2.75) is 12.8 Å². The monoisotopic (exact) mass is 256 g/mol. The van der Waals surface area contributed by atoms with Crippen molar-refractivity contribution in [1.82, 2.24) is 0 Å². The number of esters is 1. The molecule has 2 bridgehead atoms. The minimum absolute atomic E-state index is 0.0430. The minimum Gasteiger partial charge on any atom is -0.457 e. The Bertz CT molecular complexity index is 518. The molecule has 0 aliphatic heterocycles. The van der Waals surface area contributed by atoms with Gasteiger partial charge in [-0.25, -0.2) is 0 Å². The number of carbonyl (C=O) groups excluding carboxylic acids is 2. The zero-order valence-electron chi connectivity index (χ0n) is 10.6. The highest BCUT2D eigenvalue weighted by Gasteiger charge is 2.40. The molecule has 0 unspecified atom stereocenters. The van der Waals surface area contributed by atoms with E-state index in [0.717, 1.165) is 12.8 Å². The molecule has 3 rings (SSSR count). The number of fused-ring (bicyclic) bond motifs is 2. The quantitative estimate of drug-likeness (QED) is 0.472. The van der Waals surface area contributed by atoms with Gasteiger partial charge in [0.25, 0.3) is 0 Å². The first-order chi connectivity index (χ1) is 9.24. The smallest absolute Gasteiger partial charge is 0.310 e. The van der Waals surface area contributed by atoms with Crippen molar-refractivity contribution >= 4 is 11.8 Å². The highest BCUT2D eigenvalue weighted by molar-refractivity contribution is 5.98. The summed E-state index contributed by atoms with van der Waals surface area (Å²) in [6, 6.07) is 8.92. The van der Waals surface area contributed by atoms with E-state index in [0.29, 0.717) is 17.4 Å². The van der Waals surface area contributed by atoms with Crippen molar-refractivity contribution in [1.29, 1.82) is 0 Å². The van der Waals surface area contributed by atoms with Crippen molar-refractivity contribution in [2.75, 3.05) is 6.61 Å². The van der Waals surface area contributed by atoms with E-state index >= 15 is 0 Å². The van der Waals surface area contributed by atoms with Gasteiger partial charge in [-0.15, -0.1) is 0 Å². The summed E-state index contributed by atoms with van der Waals surface area (Å²) >= 11 is 0. The minimum atomic E-state index is -0.221. The highest BCUT2D eigenvalue weighted by atomic mass is 16.5. The molecule has 3 nitrogen and oxygen atoms in total. The summed E-state index contributed by atoms with van der Waals surface area (Å²) in [5.74, 6) is 0.448. The van der Waals surface area contributed by atoms with E-state index in [-0.39, 0.29) is 24.3 Å². The Morgan fingerprint density at radius 3 is 2.53 bits per heavy atom. The van der Waals surface area contributed by atoms with Crippen LogP contribution in [0.2, 0.25) is 0 Å². The average molecular weight is 256 g/mol. The Labute approximate surface area is 112 Å². The second kappa shape index (κ2) is 5.00. The molecular weight excluding hydrogens is 240 g/mol. The lowest BCUT2D eigenvalue weighted by molar-refractivity contribution is -0.148. The zero-order chi connectivity index (χ0) is 13.2. The van der Waals surface area contributed by atoms with Crippen LogP contribution >= 0.6 is 0 Å². The van der Waals surface area contributed by atoms with Gasteiger partial charge >= 0.3 is 5.97 Å². The van der Waals surface area contributed by atoms with Crippen molar-refractivity contribution in [2.24, 2.45) is 17.8 Å². The molecule has 1 aromatic rings. The lowest BCUT2D eigenvalue weighted by Gasteiger charge is -2.16. The zero-order valence-corrected chi connectivity index (χ0v) is 10.6. The van der Waals surface area contributed by atoms with Gasteiger partial charge in [0.2, 0.25) is 0 Å². The molecule has 1 fully saturated rings. The van der Waals surface area contributed by atoms with Crippen LogP contribution in [0.5, 0.6) is 0 Å². The van der Waals surface area contributed by atoms with E-state index < -0.39 is 0 Å². The van der Waals surface area contributed by atoms with Gasteiger partial charge in [0.15, 0.2) is 12.4 Å². The number of benzene rings is 1. The molecule has 0 aromatic heterocycles. The predicted octanol–water partition coefficient (Wildman–Crippen LogP) is 2.62. The number of ketones is 1. The number of carbonyl (C=O) groups is 2. The molecule has 0 heterocycles. The molecule has 0 spiro atoms. The van der Waals surface area contributed by atoms with Crippen LogP contribution in [0.1, 0.15) is 23.2 Å². The van der Waals surface area contributed by atoms with Gasteiger partial charge in [0.1, 0.15) is 0 Å². The van der Waals surface area contributed by atoms with E-state index in [1.807, 2.05) is 6.07 Å². The Morgan fingerprint density at radius 1 is 1.11 bits per heavy atom. The summed E-state index contributed by atoms with van der Waals surface area (Å²) in [7, 11) is 0. The molecule has 1 aromatic carbocycles. The Kier molecular flexibility index (Phi) is 3.20. The molecule has 2 aliphatic rings. The predicted molar refractivity (Wildman–Crippen MR) is 70.6 cm³/mol. The van der Waals surface area contributed by atoms with Gasteiger partial charge in [-0.2, -0.15) is 0 Å². The third kappa shape index (κ3) is 2.46. The average Bonchev–Trinajstić information content (AvgIpc) is 3.08. The molecule has 2 aliphatic carbocycles. The van der Waals surface area contributed by atoms with E-state index in [4.69, 9.17) is 4.74 Å². The molecule has 0 N–H and O–H groups in total. The molecule has 98 valence electrons. The molecule has 0 saturated heterocycles. The van der Waals surface area contributed by atoms with Crippen molar-refractivity contribution in [3.05, 3.63) is 48.0 Å². The van der Waals surface area contributed by atoms with Gasteiger partial charge in [-0.1, -0.05) is 42.5 Å². The molecule has 1 saturated carbocycles. The number of allylic oxidation sites excluding steroid dienone is 2. The van der Waals surface area contributed by atoms with Crippen LogP contribution < -0.4 is 0 Å². The second-order valence-electron chi connectivity index (χ2n) is 5.28. The summed E-state index contributed by atoms with van der Waals surface area (Å²) < 4.78 is 5.17. The first-order valence-corrected chi connectivity index (χ1v) is 6.67. The largest absolute Gasteiger partial charge is 0.457 e. The van der Waals surface area contributed by atoms with Crippen LogP contribution in [0.25, 0.3) is 0 Å². The summed E-state index contributed by atoms with van der Waals surface area (Å²) in [5, 5.41) is 0. The number of hydrogen-bond donors (Lipinski definition) is 0.